The van der Waals surface area contributed by atoms with E-state index in [-0.39, 0.29) is 23.6 Å². The highest BCUT2D eigenvalue weighted by molar-refractivity contribution is 6.26. The van der Waals surface area contributed by atoms with Gasteiger partial charge in [-0.3, -0.25) is 19.6 Å². The van der Waals surface area contributed by atoms with E-state index < -0.39 is 52.3 Å². The number of anilines is 2. The average molecular weight is 415 g/mol. The Morgan fingerprint density at radius 1 is 1.30 bits per heavy atom. The molecule has 2 fully saturated rings. The van der Waals surface area contributed by atoms with Gasteiger partial charge in [0.15, 0.2) is 0 Å². The largest absolute Gasteiger partial charge is 0.733 e. The van der Waals surface area contributed by atoms with E-state index in [2.05, 4.69) is 0 Å². The van der Waals surface area contributed by atoms with Crippen LogP contribution in [0.4, 0.5) is 11.4 Å². The number of para-hydroxylation sites is 2. The van der Waals surface area contributed by atoms with Gasteiger partial charge in [-0.15, -0.1) is 0 Å². The molecule has 0 unspecified atom stereocenters. The summed E-state index contributed by atoms with van der Waals surface area (Å²) >= 11 is 0. The molecule has 3 aliphatic heterocycles. The quantitative estimate of drug-likeness (QED) is 0.438. The molecule has 0 aromatic heterocycles. The van der Waals surface area contributed by atoms with Gasteiger partial charge in [-0.1, -0.05) is 12.1 Å². The van der Waals surface area contributed by atoms with Crippen molar-refractivity contribution in [2.45, 2.75) is 26.9 Å². The maximum absolute atomic E-state index is 13.4. The summed E-state index contributed by atoms with van der Waals surface area (Å²) in [5, 5.41) is 20.5. The predicted octanol–water partition coefficient (Wildman–Crippen LogP) is 1.31. The first-order valence-electron chi connectivity index (χ1n) is 9.38. The molecule has 0 saturated carbocycles. The lowest BCUT2D eigenvalue weighted by molar-refractivity contribution is -0.184. The van der Waals surface area contributed by atoms with Gasteiger partial charge in [0.05, 0.1) is 35.4 Å². The van der Waals surface area contributed by atoms with Crippen molar-refractivity contribution in [3.05, 3.63) is 40.6 Å². The third-order valence-corrected chi connectivity index (χ3v) is 6.11. The summed E-state index contributed by atoms with van der Waals surface area (Å²) < 4.78 is 10.5. The first-order chi connectivity index (χ1) is 14.2. The van der Waals surface area contributed by atoms with Crippen molar-refractivity contribution in [2.24, 2.45) is 17.3 Å². The lowest BCUT2D eigenvalue weighted by atomic mass is 9.57. The van der Waals surface area contributed by atoms with Crippen LogP contribution >= 0.6 is 0 Å². The van der Waals surface area contributed by atoms with Gasteiger partial charge < -0.3 is 19.9 Å². The molecule has 2 amide bonds. The van der Waals surface area contributed by atoms with Gasteiger partial charge in [0.1, 0.15) is 11.5 Å². The molecule has 1 aromatic rings. The molecule has 1 aromatic carbocycles. The third-order valence-electron chi connectivity index (χ3n) is 6.11. The summed E-state index contributed by atoms with van der Waals surface area (Å²) in [5.74, 6) is -5.21. The summed E-state index contributed by atoms with van der Waals surface area (Å²) in [4.78, 5) is 52.9. The number of carbonyl (C=O) groups excluding carboxylic acids is 4. The lowest BCUT2D eigenvalue weighted by Gasteiger charge is -2.48. The Kier molecular flexibility index (Phi) is 4.44. The zero-order valence-corrected chi connectivity index (χ0v) is 16.4. The van der Waals surface area contributed by atoms with Crippen LogP contribution in [-0.4, -0.2) is 41.7 Å². The fourth-order valence-electron chi connectivity index (χ4n) is 4.84. The van der Waals surface area contributed by atoms with Gasteiger partial charge in [-0.25, -0.2) is 9.69 Å². The van der Waals surface area contributed by atoms with Crippen molar-refractivity contribution in [3.63, 3.8) is 0 Å². The van der Waals surface area contributed by atoms with Crippen LogP contribution < -0.4 is 10.1 Å². The molecule has 10 heteroatoms. The Bertz CT molecular complexity index is 1020. The molecule has 4 atom stereocenters. The van der Waals surface area contributed by atoms with E-state index in [9.17, 15) is 29.6 Å². The number of hydrogen-bond acceptors (Lipinski definition) is 9. The fourth-order valence-corrected chi connectivity index (χ4v) is 4.84. The normalized spacial score (nSPS) is 29.8. The highest BCUT2D eigenvalue weighted by Gasteiger charge is 2.71. The van der Waals surface area contributed by atoms with Crippen molar-refractivity contribution < 1.29 is 33.9 Å². The molecule has 0 spiro atoms. The molecule has 1 N–H and O–H groups in total. The van der Waals surface area contributed by atoms with E-state index in [4.69, 9.17) is 9.47 Å². The molecule has 2 bridgehead atoms. The van der Waals surface area contributed by atoms with Crippen LogP contribution in [-0.2, 0) is 28.7 Å². The molecule has 30 heavy (non-hydrogen) atoms. The fraction of sp³-hybridized carbons (Fsp3) is 0.400. The summed E-state index contributed by atoms with van der Waals surface area (Å²) in [6, 6.07) is 5.54. The number of esters is 2. The monoisotopic (exact) mass is 415 g/mol. The van der Waals surface area contributed by atoms with Gasteiger partial charge in [-0.2, -0.15) is 0 Å². The van der Waals surface area contributed by atoms with E-state index in [0.717, 1.165) is 4.90 Å². The van der Waals surface area contributed by atoms with Crippen molar-refractivity contribution in [1.29, 1.82) is 0 Å². The number of benzene rings is 1. The van der Waals surface area contributed by atoms with Crippen LogP contribution in [0.15, 0.2) is 35.4 Å². The Labute approximate surface area is 171 Å². The Morgan fingerprint density at radius 3 is 2.60 bits per heavy atom. The van der Waals surface area contributed by atoms with Gasteiger partial charge in [-0.05, 0) is 38.5 Å². The number of ether oxygens (including phenoxy) is 2. The number of nitrogens with zero attached hydrogens (tertiary/aromatic N) is 2. The number of imide groups is 1. The Hall–Kier alpha value is -3.24. The molecule has 2 saturated heterocycles. The molecule has 4 aliphatic rings. The average Bonchev–Trinajstić information content (AvgIpc) is 2.96. The van der Waals surface area contributed by atoms with E-state index in [1.807, 2.05) is 0 Å². The first-order valence-corrected chi connectivity index (χ1v) is 9.38. The van der Waals surface area contributed by atoms with Gasteiger partial charge >= 0.3 is 11.9 Å². The molecule has 1 aliphatic carbocycles. The summed E-state index contributed by atoms with van der Waals surface area (Å²) in [6.07, 6.45) is -1.10. The van der Waals surface area contributed by atoms with Crippen LogP contribution in [0.1, 0.15) is 20.8 Å². The number of fused-ring (bicyclic) bond motifs is 1. The SMILES string of the molecule is CCOC(=O)C1=C(C)[C@H]2OC(=O)[C@@]1(C)[C@H]1C(=O)N(c3ccccc3N([O-])O)C(=O)[C@H]21. The zero-order valence-electron chi connectivity index (χ0n) is 16.4. The molecule has 0 radical (unpaired) electrons. The van der Waals surface area contributed by atoms with Crippen LogP contribution in [0.5, 0.6) is 0 Å². The maximum atomic E-state index is 13.4. The van der Waals surface area contributed by atoms with Gasteiger partial charge in [0.2, 0.25) is 11.8 Å². The number of carbonyl (C=O) groups is 4. The Balaban J connectivity index is 1.87. The third kappa shape index (κ3) is 2.37. The maximum Gasteiger partial charge on any atom is 0.335 e. The highest BCUT2D eigenvalue weighted by Crippen LogP contribution is 2.58. The van der Waals surface area contributed by atoms with Gasteiger partial charge in [0, 0.05) is 0 Å². The van der Waals surface area contributed by atoms with Gasteiger partial charge in [0.25, 0.3) is 0 Å². The minimum Gasteiger partial charge on any atom is -0.733 e. The molecule has 10 nitrogen and oxygen atoms in total. The predicted molar refractivity (Wildman–Crippen MR) is 101 cm³/mol. The van der Waals surface area contributed by atoms with Crippen molar-refractivity contribution in [2.75, 3.05) is 16.7 Å². The van der Waals surface area contributed by atoms with Crippen molar-refractivity contribution >= 4 is 35.1 Å². The molecule has 3 heterocycles. The smallest absolute Gasteiger partial charge is 0.335 e. The van der Waals surface area contributed by atoms with Crippen molar-refractivity contribution in [3.8, 4) is 0 Å². The molecule has 158 valence electrons. The van der Waals surface area contributed by atoms with E-state index in [0.29, 0.717) is 5.57 Å². The van der Waals surface area contributed by atoms with Crippen LogP contribution in [0.2, 0.25) is 0 Å². The number of rotatable bonds is 4. The standard InChI is InChI=1S/C20H19N2O8/c1-4-29-18(25)13-9(2)15-12-14(20(13,3)19(26)30-15)17(24)21(16(12)23)10-7-5-6-8-11(10)22(27)28/h5-8,12,14-15,27H,4H2,1-3H3/q-1/t12-,14+,15+,20+/m0/s1. The molecular formula is C20H19N2O8-. The summed E-state index contributed by atoms with van der Waals surface area (Å²) in [6.45, 7) is 4.65. The van der Waals surface area contributed by atoms with E-state index in [1.54, 1.807) is 13.8 Å². The Morgan fingerprint density at radius 2 is 1.97 bits per heavy atom. The topological polar surface area (TPSA) is 137 Å². The second kappa shape index (κ2) is 6.64. The van der Waals surface area contributed by atoms with Crippen LogP contribution in [0.3, 0.4) is 0 Å². The molecule has 5 rings (SSSR count). The summed E-state index contributed by atoms with van der Waals surface area (Å²) in [7, 11) is 0. The second-order valence-electron chi connectivity index (χ2n) is 7.58. The first kappa shape index (κ1) is 20.0. The van der Waals surface area contributed by atoms with E-state index in [1.165, 1.54) is 31.2 Å². The zero-order chi connectivity index (χ0) is 22.0. The summed E-state index contributed by atoms with van der Waals surface area (Å²) in [5.41, 5.74) is -1.76. The minimum absolute atomic E-state index is 0.0238. The second-order valence-corrected chi connectivity index (χ2v) is 7.58. The van der Waals surface area contributed by atoms with Crippen LogP contribution in [0, 0.1) is 22.5 Å². The van der Waals surface area contributed by atoms with E-state index >= 15 is 0 Å². The number of amides is 2. The number of hydrogen-bond donors (Lipinski definition) is 1. The van der Waals surface area contributed by atoms with Crippen LogP contribution in [0.25, 0.3) is 0 Å². The minimum atomic E-state index is -1.72. The van der Waals surface area contributed by atoms with Crippen molar-refractivity contribution in [1.82, 2.24) is 0 Å². The lowest BCUT2D eigenvalue weighted by Crippen LogP contribution is -2.60. The molecular weight excluding hydrogens is 396 g/mol. The highest BCUT2D eigenvalue weighted by atomic mass is 16.8.